The summed E-state index contributed by atoms with van der Waals surface area (Å²) in [5.41, 5.74) is 7.87. The standard InChI is InChI=1S/C13H14ClIN4O/c1-3-19-12(11(16)7(2)18-19)13(20)17-10-5-4-8(15)6-9(10)14/h4-6H,3,16H2,1-2H3,(H,17,20). The molecule has 0 bridgehead atoms. The highest BCUT2D eigenvalue weighted by atomic mass is 127. The van der Waals surface area contributed by atoms with Crippen LogP contribution in [-0.2, 0) is 6.54 Å². The molecule has 2 aromatic rings. The van der Waals surface area contributed by atoms with E-state index in [1.807, 2.05) is 13.0 Å². The van der Waals surface area contributed by atoms with Gasteiger partial charge in [0, 0.05) is 10.1 Å². The van der Waals surface area contributed by atoms with Gasteiger partial charge in [-0.2, -0.15) is 5.10 Å². The van der Waals surface area contributed by atoms with Gasteiger partial charge in [0.2, 0.25) is 0 Å². The predicted molar refractivity (Wildman–Crippen MR) is 89.2 cm³/mol. The molecule has 0 atom stereocenters. The van der Waals surface area contributed by atoms with Crippen molar-refractivity contribution < 1.29 is 4.79 Å². The van der Waals surface area contributed by atoms with Crippen LogP contribution in [0.15, 0.2) is 18.2 Å². The first-order valence-corrected chi connectivity index (χ1v) is 7.49. The fourth-order valence-corrected chi connectivity index (χ4v) is 2.74. The van der Waals surface area contributed by atoms with Crippen molar-refractivity contribution >= 4 is 51.5 Å². The molecule has 0 fully saturated rings. The number of carbonyl (C=O) groups excluding carboxylic acids is 1. The molecule has 20 heavy (non-hydrogen) atoms. The van der Waals surface area contributed by atoms with Crippen LogP contribution < -0.4 is 11.1 Å². The summed E-state index contributed by atoms with van der Waals surface area (Å²) in [5, 5.41) is 7.48. The van der Waals surface area contributed by atoms with Crippen LogP contribution in [0.25, 0.3) is 0 Å². The molecule has 1 amide bonds. The minimum Gasteiger partial charge on any atom is -0.395 e. The molecule has 0 saturated heterocycles. The Hall–Kier alpha value is -1.28. The number of halogens is 2. The molecule has 0 spiro atoms. The van der Waals surface area contributed by atoms with Crippen LogP contribution in [-0.4, -0.2) is 15.7 Å². The lowest BCUT2D eigenvalue weighted by molar-refractivity contribution is 0.101. The number of rotatable bonds is 3. The Morgan fingerprint density at radius 1 is 1.55 bits per heavy atom. The van der Waals surface area contributed by atoms with Crippen molar-refractivity contribution in [2.75, 3.05) is 11.1 Å². The molecule has 0 aliphatic carbocycles. The zero-order valence-electron chi connectivity index (χ0n) is 11.1. The smallest absolute Gasteiger partial charge is 0.276 e. The van der Waals surface area contributed by atoms with Gasteiger partial charge >= 0.3 is 0 Å². The second-order valence-corrected chi connectivity index (χ2v) is 5.89. The Balaban J connectivity index is 2.33. The lowest BCUT2D eigenvalue weighted by atomic mass is 10.2. The Morgan fingerprint density at radius 2 is 2.25 bits per heavy atom. The number of nitrogen functional groups attached to an aromatic ring is 1. The largest absolute Gasteiger partial charge is 0.395 e. The summed E-state index contributed by atoms with van der Waals surface area (Å²) in [7, 11) is 0. The summed E-state index contributed by atoms with van der Waals surface area (Å²) >= 11 is 8.26. The van der Waals surface area contributed by atoms with Crippen molar-refractivity contribution in [1.82, 2.24) is 9.78 Å². The number of aromatic nitrogens is 2. The number of carbonyl (C=O) groups is 1. The molecule has 1 heterocycles. The van der Waals surface area contributed by atoms with Crippen LogP contribution in [0.1, 0.15) is 23.1 Å². The third-order valence-electron chi connectivity index (χ3n) is 2.87. The molecule has 0 aliphatic heterocycles. The van der Waals surface area contributed by atoms with Crippen molar-refractivity contribution in [3.05, 3.63) is 38.2 Å². The Kier molecular flexibility index (Phi) is 4.54. The highest BCUT2D eigenvalue weighted by Crippen LogP contribution is 2.25. The molecule has 0 unspecified atom stereocenters. The molecule has 0 radical (unpaired) electrons. The average Bonchev–Trinajstić information content (AvgIpc) is 2.68. The Morgan fingerprint density at radius 3 is 2.85 bits per heavy atom. The van der Waals surface area contributed by atoms with E-state index in [0.29, 0.717) is 34.3 Å². The lowest BCUT2D eigenvalue weighted by Gasteiger charge is -2.09. The second-order valence-electron chi connectivity index (χ2n) is 4.24. The monoisotopic (exact) mass is 404 g/mol. The maximum Gasteiger partial charge on any atom is 0.276 e. The fourth-order valence-electron chi connectivity index (χ4n) is 1.84. The number of nitrogens with zero attached hydrogens (tertiary/aromatic N) is 2. The quantitative estimate of drug-likeness (QED) is 0.771. The van der Waals surface area contributed by atoms with Gasteiger partial charge in [0.15, 0.2) is 0 Å². The molecule has 0 saturated carbocycles. The van der Waals surface area contributed by atoms with Gasteiger partial charge in [-0.15, -0.1) is 0 Å². The minimum atomic E-state index is -0.312. The van der Waals surface area contributed by atoms with Gasteiger partial charge in [-0.3, -0.25) is 9.48 Å². The van der Waals surface area contributed by atoms with Crippen LogP contribution in [0.4, 0.5) is 11.4 Å². The van der Waals surface area contributed by atoms with Crippen LogP contribution in [0, 0.1) is 10.5 Å². The maximum atomic E-state index is 12.4. The highest BCUT2D eigenvalue weighted by Gasteiger charge is 2.19. The minimum absolute atomic E-state index is 0.312. The van der Waals surface area contributed by atoms with Crippen molar-refractivity contribution in [3.8, 4) is 0 Å². The van der Waals surface area contributed by atoms with Gasteiger partial charge in [0.25, 0.3) is 5.91 Å². The van der Waals surface area contributed by atoms with Gasteiger partial charge in [-0.1, -0.05) is 11.6 Å². The van der Waals surface area contributed by atoms with Crippen LogP contribution in [0.3, 0.4) is 0 Å². The molecular formula is C13H14ClIN4O. The summed E-state index contributed by atoms with van der Waals surface area (Å²) in [5.74, 6) is -0.312. The van der Waals surface area contributed by atoms with Crippen LogP contribution in [0.5, 0.6) is 0 Å². The third-order valence-corrected chi connectivity index (χ3v) is 3.85. The SMILES string of the molecule is CCn1nc(C)c(N)c1C(=O)Nc1ccc(I)cc1Cl. The second kappa shape index (κ2) is 6.01. The average molecular weight is 405 g/mol. The molecule has 5 nitrogen and oxygen atoms in total. The van der Waals surface area contributed by atoms with Crippen molar-refractivity contribution in [3.63, 3.8) is 0 Å². The number of hydrogen-bond donors (Lipinski definition) is 2. The molecule has 2 rings (SSSR count). The molecule has 7 heteroatoms. The lowest BCUT2D eigenvalue weighted by Crippen LogP contribution is -2.19. The molecule has 3 N–H and O–H groups in total. The van der Waals surface area contributed by atoms with E-state index in [4.69, 9.17) is 17.3 Å². The number of amides is 1. The van der Waals surface area contributed by atoms with Gasteiger partial charge < -0.3 is 11.1 Å². The van der Waals surface area contributed by atoms with E-state index >= 15 is 0 Å². The van der Waals surface area contributed by atoms with E-state index in [0.717, 1.165) is 3.57 Å². The van der Waals surface area contributed by atoms with E-state index in [2.05, 4.69) is 33.0 Å². The normalized spacial score (nSPS) is 10.6. The number of anilines is 2. The summed E-state index contributed by atoms with van der Waals surface area (Å²) < 4.78 is 2.58. The first kappa shape index (κ1) is 15.1. The first-order chi connectivity index (χ1) is 9.43. The summed E-state index contributed by atoms with van der Waals surface area (Å²) in [6.45, 7) is 4.25. The van der Waals surface area contributed by atoms with Gasteiger partial charge in [-0.05, 0) is 54.6 Å². The highest BCUT2D eigenvalue weighted by molar-refractivity contribution is 14.1. The molecule has 1 aromatic carbocycles. The maximum absolute atomic E-state index is 12.4. The van der Waals surface area contributed by atoms with E-state index in [9.17, 15) is 4.79 Å². The fraction of sp³-hybridized carbons (Fsp3) is 0.231. The molecule has 1 aromatic heterocycles. The Labute approximate surface area is 135 Å². The number of nitrogens with one attached hydrogen (secondary N) is 1. The molecule has 106 valence electrons. The zero-order valence-corrected chi connectivity index (χ0v) is 14.0. The number of hydrogen-bond acceptors (Lipinski definition) is 3. The summed E-state index contributed by atoms with van der Waals surface area (Å²) in [6.07, 6.45) is 0. The predicted octanol–water partition coefficient (Wildman–Crippen LogP) is 3.30. The van der Waals surface area contributed by atoms with Gasteiger partial charge in [0.05, 0.1) is 22.1 Å². The third kappa shape index (κ3) is 2.90. The summed E-state index contributed by atoms with van der Waals surface area (Å²) in [4.78, 5) is 12.4. The van der Waals surface area contributed by atoms with Crippen molar-refractivity contribution in [1.29, 1.82) is 0 Å². The van der Waals surface area contributed by atoms with Crippen molar-refractivity contribution in [2.45, 2.75) is 20.4 Å². The van der Waals surface area contributed by atoms with E-state index in [1.165, 1.54) is 0 Å². The number of benzene rings is 1. The van der Waals surface area contributed by atoms with E-state index in [1.54, 1.807) is 23.7 Å². The van der Waals surface area contributed by atoms with E-state index in [-0.39, 0.29) is 5.91 Å². The topological polar surface area (TPSA) is 72.9 Å². The first-order valence-electron chi connectivity index (χ1n) is 6.03. The van der Waals surface area contributed by atoms with Crippen molar-refractivity contribution in [2.24, 2.45) is 0 Å². The van der Waals surface area contributed by atoms with Gasteiger partial charge in [-0.25, -0.2) is 0 Å². The van der Waals surface area contributed by atoms with Crippen LogP contribution >= 0.6 is 34.2 Å². The molecule has 0 aliphatic rings. The molecular weight excluding hydrogens is 391 g/mol. The number of nitrogens with two attached hydrogens (primary N) is 1. The van der Waals surface area contributed by atoms with E-state index < -0.39 is 0 Å². The van der Waals surface area contributed by atoms with Gasteiger partial charge in [0.1, 0.15) is 5.69 Å². The number of aryl methyl sites for hydroxylation is 2. The zero-order chi connectivity index (χ0) is 14.9. The Bertz CT molecular complexity index is 669. The summed E-state index contributed by atoms with van der Waals surface area (Å²) in [6, 6.07) is 5.41. The van der Waals surface area contributed by atoms with Crippen LogP contribution in [0.2, 0.25) is 5.02 Å².